The normalized spacial score (nSPS) is 12.7. The molecule has 0 aliphatic carbocycles. The molecule has 1 atom stereocenters. The molecule has 20 heavy (non-hydrogen) atoms. The molecule has 5 nitrogen and oxygen atoms in total. The molecule has 0 aliphatic rings. The second-order valence-electron chi connectivity index (χ2n) is 5.35. The molecule has 6 heteroatoms. The first kappa shape index (κ1) is 16.5. The number of carbonyl (C=O) groups is 2. The fourth-order valence-corrected chi connectivity index (χ4v) is 1.97. The lowest BCUT2D eigenvalue weighted by atomic mass is 10.1. The summed E-state index contributed by atoms with van der Waals surface area (Å²) >= 11 is 3.18. The van der Waals surface area contributed by atoms with Gasteiger partial charge in [-0.1, -0.05) is 12.1 Å². The van der Waals surface area contributed by atoms with Crippen molar-refractivity contribution in [2.24, 2.45) is 0 Å². The van der Waals surface area contributed by atoms with Gasteiger partial charge in [-0.05, 0) is 42.8 Å². The Morgan fingerprint density at radius 3 is 2.55 bits per heavy atom. The summed E-state index contributed by atoms with van der Waals surface area (Å²) in [6, 6.07) is 4.00. The molecular weight excluding hydrogens is 326 g/mol. The minimum absolute atomic E-state index is 0.0694. The van der Waals surface area contributed by atoms with Gasteiger partial charge in [-0.15, -0.1) is 0 Å². The van der Waals surface area contributed by atoms with Crippen molar-refractivity contribution >= 4 is 28.3 Å². The van der Waals surface area contributed by atoms with Crippen molar-refractivity contribution in [2.75, 3.05) is 7.05 Å². The Morgan fingerprint density at radius 2 is 2.05 bits per heavy atom. The van der Waals surface area contributed by atoms with Crippen LogP contribution in [-0.2, 0) is 9.53 Å². The van der Waals surface area contributed by atoms with Gasteiger partial charge in [-0.2, -0.15) is 0 Å². The van der Waals surface area contributed by atoms with Gasteiger partial charge < -0.3 is 14.6 Å². The number of ether oxygens (including phenoxy) is 1. The molecule has 0 saturated heterocycles. The first-order valence-electron chi connectivity index (χ1n) is 6.06. The molecular formula is C14H18BrNO4. The number of likely N-dealkylation sites (N-methyl/N-ethyl adjacent to an activating group) is 1. The lowest BCUT2D eigenvalue weighted by Crippen LogP contribution is -2.37. The zero-order chi connectivity index (χ0) is 15.5. The van der Waals surface area contributed by atoms with Crippen LogP contribution in [0.1, 0.15) is 32.4 Å². The highest BCUT2D eigenvalue weighted by Crippen LogP contribution is 2.33. The van der Waals surface area contributed by atoms with E-state index in [0.717, 1.165) is 4.90 Å². The Bertz CT molecular complexity index is 510. The number of carbonyl (C=O) groups excluding carboxylic acids is 2. The summed E-state index contributed by atoms with van der Waals surface area (Å²) in [5.41, 5.74) is -0.319. The minimum Gasteiger partial charge on any atom is -0.506 e. The molecule has 1 rings (SSSR count). The number of benzene rings is 1. The van der Waals surface area contributed by atoms with Crippen LogP contribution in [0.5, 0.6) is 5.75 Å². The summed E-state index contributed by atoms with van der Waals surface area (Å²) in [7, 11) is 1.45. The van der Waals surface area contributed by atoms with Crippen molar-refractivity contribution in [1.29, 1.82) is 0 Å². The zero-order valence-electron chi connectivity index (χ0n) is 11.9. The maximum Gasteiger partial charge on any atom is 0.410 e. The summed E-state index contributed by atoms with van der Waals surface area (Å²) < 4.78 is 5.67. The fourth-order valence-electron chi connectivity index (χ4n) is 1.59. The summed E-state index contributed by atoms with van der Waals surface area (Å²) in [6.45, 7) is 5.22. The Morgan fingerprint density at radius 1 is 1.45 bits per heavy atom. The number of hydrogen-bond donors (Lipinski definition) is 1. The second kappa shape index (κ2) is 6.26. The smallest absolute Gasteiger partial charge is 0.410 e. The third kappa shape index (κ3) is 3.96. The van der Waals surface area contributed by atoms with Crippen LogP contribution in [0.15, 0.2) is 22.7 Å². The number of aromatic hydroxyl groups is 1. The zero-order valence-corrected chi connectivity index (χ0v) is 13.5. The third-order valence-corrected chi connectivity index (χ3v) is 3.20. The van der Waals surface area contributed by atoms with E-state index in [4.69, 9.17) is 4.74 Å². The van der Waals surface area contributed by atoms with E-state index in [-0.39, 0.29) is 5.75 Å². The molecule has 0 aliphatic heterocycles. The maximum absolute atomic E-state index is 12.0. The molecule has 1 aromatic rings. The molecule has 110 valence electrons. The maximum atomic E-state index is 12.0. The van der Waals surface area contributed by atoms with Crippen LogP contribution in [0.3, 0.4) is 0 Å². The van der Waals surface area contributed by atoms with E-state index in [2.05, 4.69) is 15.9 Å². The lowest BCUT2D eigenvalue weighted by Gasteiger charge is -2.28. The van der Waals surface area contributed by atoms with Crippen LogP contribution in [0.25, 0.3) is 0 Å². The van der Waals surface area contributed by atoms with Crippen LogP contribution in [0.4, 0.5) is 4.79 Å². The SMILES string of the molecule is CN(C(=O)OC(C)(C)C)C(C=O)c1cccc(Br)c1O. The summed E-state index contributed by atoms with van der Waals surface area (Å²) in [4.78, 5) is 24.4. The minimum atomic E-state index is -0.914. The van der Waals surface area contributed by atoms with E-state index in [9.17, 15) is 14.7 Å². The molecule has 0 heterocycles. The number of para-hydroxylation sites is 1. The number of halogens is 1. The quantitative estimate of drug-likeness (QED) is 0.855. The standard InChI is InChI=1S/C14H18BrNO4/c1-14(2,3)20-13(19)16(4)11(8-17)9-6-5-7-10(15)12(9)18/h5-8,11,18H,1-4H3. The van der Waals surface area contributed by atoms with Gasteiger partial charge >= 0.3 is 6.09 Å². The van der Waals surface area contributed by atoms with E-state index >= 15 is 0 Å². The van der Waals surface area contributed by atoms with Gasteiger partial charge in [-0.25, -0.2) is 4.79 Å². The number of rotatable bonds is 3. The van der Waals surface area contributed by atoms with Gasteiger partial charge in [0.1, 0.15) is 23.7 Å². The Kier molecular flexibility index (Phi) is 5.16. The predicted molar refractivity (Wildman–Crippen MR) is 78.6 cm³/mol. The van der Waals surface area contributed by atoms with Crippen LogP contribution in [-0.4, -0.2) is 35.0 Å². The summed E-state index contributed by atoms with van der Waals surface area (Å²) in [6.07, 6.45) is -0.0419. The Balaban J connectivity index is 3.04. The average molecular weight is 344 g/mol. The number of aldehydes is 1. The molecule has 0 saturated carbocycles. The first-order valence-corrected chi connectivity index (χ1v) is 6.85. The van der Waals surface area contributed by atoms with Crippen molar-refractivity contribution in [2.45, 2.75) is 32.4 Å². The molecule has 1 unspecified atom stereocenters. The van der Waals surface area contributed by atoms with Gasteiger partial charge in [0.25, 0.3) is 0 Å². The van der Waals surface area contributed by atoms with Gasteiger partial charge in [0, 0.05) is 12.6 Å². The van der Waals surface area contributed by atoms with Crippen molar-refractivity contribution in [3.05, 3.63) is 28.2 Å². The monoisotopic (exact) mass is 343 g/mol. The molecule has 0 radical (unpaired) electrons. The Labute approximate surface area is 126 Å². The van der Waals surface area contributed by atoms with Gasteiger partial charge in [0.15, 0.2) is 0 Å². The number of phenolic OH excluding ortho intramolecular Hbond substituents is 1. The third-order valence-electron chi connectivity index (χ3n) is 2.56. The van der Waals surface area contributed by atoms with Crippen molar-refractivity contribution < 1.29 is 19.4 Å². The van der Waals surface area contributed by atoms with E-state index in [0.29, 0.717) is 16.3 Å². The lowest BCUT2D eigenvalue weighted by molar-refractivity contribution is -0.112. The largest absolute Gasteiger partial charge is 0.506 e. The number of hydrogen-bond acceptors (Lipinski definition) is 4. The highest BCUT2D eigenvalue weighted by Gasteiger charge is 2.28. The molecule has 0 spiro atoms. The molecule has 0 fully saturated rings. The molecule has 0 aromatic heterocycles. The highest BCUT2D eigenvalue weighted by atomic mass is 79.9. The number of nitrogens with zero attached hydrogens (tertiary/aromatic N) is 1. The first-order chi connectivity index (χ1) is 9.17. The van der Waals surface area contributed by atoms with Crippen LogP contribution >= 0.6 is 15.9 Å². The van der Waals surface area contributed by atoms with Crippen molar-refractivity contribution in [3.8, 4) is 5.75 Å². The summed E-state index contributed by atoms with van der Waals surface area (Å²) in [5.74, 6) is -0.0694. The predicted octanol–water partition coefficient (Wildman–Crippen LogP) is 3.26. The number of amides is 1. The van der Waals surface area contributed by atoms with E-state index in [1.165, 1.54) is 7.05 Å². The van der Waals surface area contributed by atoms with E-state index < -0.39 is 17.7 Å². The van der Waals surface area contributed by atoms with E-state index in [1.54, 1.807) is 39.0 Å². The van der Waals surface area contributed by atoms with Crippen LogP contribution in [0, 0.1) is 0 Å². The van der Waals surface area contributed by atoms with Gasteiger partial charge in [-0.3, -0.25) is 4.90 Å². The molecule has 1 N–H and O–H groups in total. The van der Waals surface area contributed by atoms with Gasteiger partial charge in [0.05, 0.1) is 4.47 Å². The molecule has 1 aromatic carbocycles. The van der Waals surface area contributed by atoms with Crippen LogP contribution in [0.2, 0.25) is 0 Å². The van der Waals surface area contributed by atoms with Crippen molar-refractivity contribution in [1.82, 2.24) is 4.90 Å². The molecule has 0 bridgehead atoms. The van der Waals surface area contributed by atoms with Crippen LogP contribution < -0.4 is 0 Å². The number of phenols is 1. The average Bonchev–Trinajstić information content (AvgIpc) is 2.33. The second-order valence-corrected chi connectivity index (χ2v) is 6.20. The fraction of sp³-hybridized carbons (Fsp3) is 0.429. The molecule has 1 amide bonds. The van der Waals surface area contributed by atoms with E-state index in [1.807, 2.05) is 0 Å². The Hall–Kier alpha value is -1.56. The highest BCUT2D eigenvalue weighted by molar-refractivity contribution is 9.10. The van der Waals surface area contributed by atoms with Crippen molar-refractivity contribution in [3.63, 3.8) is 0 Å². The summed E-state index contributed by atoms with van der Waals surface area (Å²) in [5, 5.41) is 9.98. The van der Waals surface area contributed by atoms with Gasteiger partial charge in [0.2, 0.25) is 0 Å². The topological polar surface area (TPSA) is 66.8 Å².